The van der Waals surface area contributed by atoms with E-state index in [-0.39, 0.29) is 5.91 Å². The van der Waals surface area contributed by atoms with Crippen LogP contribution in [0.1, 0.15) is 49.7 Å². The first-order valence-corrected chi connectivity index (χ1v) is 8.30. The number of amides is 1. The first-order chi connectivity index (χ1) is 10.6. The molecule has 0 aliphatic heterocycles. The molecule has 2 aliphatic rings. The second-order valence-corrected chi connectivity index (χ2v) is 6.52. The Morgan fingerprint density at radius 2 is 1.64 bits per heavy atom. The largest absolute Gasteiger partial charge is 0.481 e. The Bertz CT molecular complexity index is 582. The van der Waals surface area contributed by atoms with Gasteiger partial charge in [-0.1, -0.05) is 18.9 Å². The Labute approximate surface area is 130 Å². The van der Waals surface area contributed by atoms with E-state index in [1.54, 1.807) is 0 Å². The van der Waals surface area contributed by atoms with E-state index < -0.39 is 17.8 Å². The molecule has 4 heteroatoms. The monoisotopic (exact) mass is 301 g/mol. The average molecular weight is 301 g/mol. The summed E-state index contributed by atoms with van der Waals surface area (Å²) in [6.07, 6.45) is 7.75. The number of hydrogen-bond acceptors (Lipinski definition) is 2. The van der Waals surface area contributed by atoms with Gasteiger partial charge < -0.3 is 10.4 Å². The van der Waals surface area contributed by atoms with Gasteiger partial charge in [-0.3, -0.25) is 9.59 Å². The molecule has 4 nitrogen and oxygen atoms in total. The second-order valence-electron chi connectivity index (χ2n) is 6.52. The molecule has 1 aromatic carbocycles. The predicted molar refractivity (Wildman–Crippen MR) is 84.8 cm³/mol. The van der Waals surface area contributed by atoms with Crippen molar-refractivity contribution in [1.82, 2.24) is 0 Å². The summed E-state index contributed by atoms with van der Waals surface area (Å²) < 4.78 is 0. The molecule has 1 aromatic rings. The lowest BCUT2D eigenvalue weighted by atomic mass is 9.78. The molecule has 1 fully saturated rings. The molecule has 2 aliphatic carbocycles. The number of aryl methyl sites for hydroxylation is 2. The van der Waals surface area contributed by atoms with E-state index in [2.05, 4.69) is 17.4 Å². The molecule has 2 atom stereocenters. The zero-order chi connectivity index (χ0) is 15.5. The molecule has 22 heavy (non-hydrogen) atoms. The minimum Gasteiger partial charge on any atom is -0.481 e. The molecule has 2 N–H and O–H groups in total. The number of anilines is 1. The Hall–Kier alpha value is -1.84. The zero-order valence-electron chi connectivity index (χ0n) is 12.8. The van der Waals surface area contributed by atoms with Gasteiger partial charge in [0.15, 0.2) is 0 Å². The minimum absolute atomic E-state index is 0.136. The van der Waals surface area contributed by atoms with Crippen molar-refractivity contribution in [1.29, 1.82) is 0 Å². The van der Waals surface area contributed by atoms with Crippen LogP contribution in [-0.4, -0.2) is 17.0 Å². The molecule has 0 unspecified atom stereocenters. The third-order valence-corrected chi connectivity index (χ3v) is 5.04. The lowest BCUT2D eigenvalue weighted by molar-refractivity contribution is -0.147. The first-order valence-electron chi connectivity index (χ1n) is 8.30. The van der Waals surface area contributed by atoms with Crippen LogP contribution in [0.25, 0.3) is 0 Å². The van der Waals surface area contributed by atoms with Gasteiger partial charge in [0, 0.05) is 5.69 Å². The molecule has 0 heterocycles. The minimum atomic E-state index is -0.842. The maximum Gasteiger partial charge on any atom is 0.307 e. The Balaban J connectivity index is 1.71. The maximum absolute atomic E-state index is 12.5. The summed E-state index contributed by atoms with van der Waals surface area (Å²) in [6.45, 7) is 0. The number of carboxylic acid groups (broad SMARTS) is 1. The fourth-order valence-electron chi connectivity index (χ4n) is 3.79. The summed E-state index contributed by atoms with van der Waals surface area (Å²) in [7, 11) is 0. The number of hydrogen-bond donors (Lipinski definition) is 2. The van der Waals surface area contributed by atoms with Crippen molar-refractivity contribution in [2.45, 2.75) is 51.4 Å². The zero-order valence-corrected chi connectivity index (χ0v) is 12.8. The summed E-state index contributed by atoms with van der Waals surface area (Å²) in [4.78, 5) is 23.8. The van der Waals surface area contributed by atoms with Crippen molar-refractivity contribution < 1.29 is 14.7 Å². The van der Waals surface area contributed by atoms with E-state index >= 15 is 0 Å². The van der Waals surface area contributed by atoms with E-state index in [1.807, 2.05) is 6.07 Å². The Morgan fingerprint density at radius 1 is 0.955 bits per heavy atom. The van der Waals surface area contributed by atoms with Crippen molar-refractivity contribution in [2.24, 2.45) is 11.8 Å². The molecule has 0 radical (unpaired) electrons. The number of carbonyl (C=O) groups is 2. The van der Waals surface area contributed by atoms with Gasteiger partial charge in [0.1, 0.15) is 0 Å². The lowest BCUT2D eigenvalue weighted by Gasteiger charge is -2.27. The van der Waals surface area contributed by atoms with Crippen molar-refractivity contribution >= 4 is 17.6 Å². The van der Waals surface area contributed by atoms with Gasteiger partial charge in [-0.25, -0.2) is 0 Å². The van der Waals surface area contributed by atoms with E-state index in [0.29, 0.717) is 12.8 Å². The van der Waals surface area contributed by atoms with E-state index in [1.165, 1.54) is 24.0 Å². The highest BCUT2D eigenvalue weighted by molar-refractivity contribution is 5.95. The van der Waals surface area contributed by atoms with Crippen molar-refractivity contribution in [3.63, 3.8) is 0 Å². The van der Waals surface area contributed by atoms with E-state index in [4.69, 9.17) is 0 Å². The van der Waals surface area contributed by atoms with Crippen LogP contribution in [0.3, 0.4) is 0 Å². The molecule has 3 rings (SSSR count). The quantitative estimate of drug-likeness (QED) is 0.899. The summed E-state index contributed by atoms with van der Waals surface area (Å²) >= 11 is 0. The van der Waals surface area contributed by atoms with Crippen LogP contribution >= 0.6 is 0 Å². The van der Waals surface area contributed by atoms with Crippen molar-refractivity contribution in [3.8, 4) is 0 Å². The highest BCUT2D eigenvalue weighted by atomic mass is 16.4. The van der Waals surface area contributed by atoms with Crippen molar-refractivity contribution in [2.75, 3.05) is 5.32 Å². The first kappa shape index (κ1) is 15.1. The fraction of sp³-hybridized carbons (Fsp3) is 0.556. The third-order valence-electron chi connectivity index (χ3n) is 5.04. The van der Waals surface area contributed by atoms with Gasteiger partial charge in [0.2, 0.25) is 5.91 Å². The molecule has 1 amide bonds. The summed E-state index contributed by atoms with van der Waals surface area (Å²) in [5.41, 5.74) is 3.51. The molecule has 0 aromatic heterocycles. The van der Waals surface area contributed by atoms with Gasteiger partial charge in [-0.2, -0.15) is 0 Å². The van der Waals surface area contributed by atoms with Crippen LogP contribution in [0, 0.1) is 11.8 Å². The number of benzene rings is 1. The van der Waals surface area contributed by atoms with E-state index in [0.717, 1.165) is 31.4 Å². The summed E-state index contributed by atoms with van der Waals surface area (Å²) in [5.74, 6) is -1.91. The van der Waals surface area contributed by atoms with Crippen LogP contribution in [0.15, 0.2) is 18.2 Å². The van der Waals surface area contributed by atoms with Crippen LogP contribution in [0.5, 0.6) is 0 Å². The molecule has 1 saturated carbocycles. The predicted octanol–water partition coefficient (Wildman–Crippen LogP) is 3.39. The standard InChI is InChI=1S/C18H23NO3/c20-17(15-7-3-4-8-16(15)18(21)22)19-14-10-9-12-5-1-2-6-13(12)11-14/h9-11,15-16H,1-8H2,(H,19,20)(H,21,22)/t15-,16+/m0/s1. The number of nitrogens with one attached hydrogen (secondary N) is 1. The topological polar surface area (TPSA) is 66.4 Å². The van der Waals surface area contributed by atoms with Crippen LogP contribution in [0.2, 0.25) is 0 Å². The number of rotatable bonds is 3. The summed E-state index contributed by atoms with van der Waals surface area (Å²) in [5, 5.41) is 12.2. The van der Waals surface area contributed by atoms with Gasteiger partial charge in [-0.15, -0.1) is 0 Å². The lowest BCUT2D eigenvalue weighted by Crippen LogP contribution is -2.36. The fourth-order valence-corrected chi connectivity index (χ4v) is 3.79. The average Bonchev–Trinajstić information content (AvgIpc) is 2.54. The van der Waals surface area contributed by atoms with Gasteiger partial charge in [-0.05, 0) is 61.8 Å². The summed E-state index contributed by atoms with van der Waals surface area (Å²) in [6, 6.07) is 6.10. The SMILES string of the molecule is O=C(Nc1ccc2c(c1)CCCC2)[C@H]1CCCC[C@H]1C(=O)O. The normalized spacial score (nSPS) is 24.4. The number of fused-ring (bicyclic) bond motifs is 1. The maximum atomic E-state index is 12.5. The molecule has 0 saturated heterocycles. The second kappa shape index (κ2) is 6.51. The van der Waals surface area contributed by atoms with Crippen LogP contribution in [0.4, 0.5) is 5.69 Å². The third kappa shape index (κ3) is 3.16. The van der Waals surface area contributed by atoms with Gasteiger partial charge in [0.05, 0.1) is 11.8 Å². The number of carboxylic acids is 1. The Morgan fingerprint density at radius 3 is 2.36 bits per heavy atom. The molecule has 118 valence electrons. The molecular weight excluding hydrogens is 278 g/mol. The number of carbonyl (C=O) groups excluding carboxylic acids is 1. The molecule has 0 spiro atoms. The smallest absolute Gasteiger partial charge is 0.307 e. The number of aliphatic carboxylic acids is 1. The Kier molecular flexibility index (Phi) is 4.46. The van der Waals surface area contributed by atoms with Gasteiger partial charge in [0.25, 0.3) is 0 Å². The molecular formula is C18H23NO3. The van der Waals surface area contributed by atoms with Crippen molar-refractivity contribution in [3.05, 3.63) is 29.3 Å². The van der Waals surface area contributed by atoms with Crippen LogP contribution < -0.4 is 5.32 Å². The molecule has 0 bridgehead atoms. The highest BCUT2D eigenvalue weighted by Gasteiger charge is 2.35. The van der Waals surface area contributed by atoms with E-state index in [9.17, 15) is 14.7 Å². The van der Waals surface area contributed by atoms with Crippen LogP contribution in [-0.2, 0) is 22.4 Å². The highest BCUT2D eigenvalue weighted by Crippen LogP contribution is 2.32. The van der Waals surface area contributed by atoms with Gasteiger partial charge >= 0.3 is 5.97 Å².